The van der Waals surface area contributed by atoms with E-state index in [-0.39, 0.29) is 34.9 Å². The summed E-state index contributed by atoms with van der Waals surface area (Å²) >= 11 is 5.87. The van der Waals surface area contributed by atoms with Gasteiger partial charge in [-0.1, -0.05) is 25.4 Å². The van der Waals surface area contributed by atoms with Gasteiger partial charge in [0.05, 0.1) is 20.2 Å². The van der Waals surface area contributed by atoms with Gasteiger partial charge in [0.2, 0.25) is 0 Å². The zero-order valence-corrected chi connectivity index (χ0v) is 21.3. The summed E-state index contributed by atoms with van der Waals surface area (Å²) in [5.74, 6) is -0.747. The number of benzene rings is 1. The van der Waals surface area contributed by atoms with E-state index < -0.39 is 17.9 Å². The quantitative estimate of drug-likeness (QED) is 0.278. The number of carbonyl (C=O) groups excluding carboxylic acids is 3. The minimum atomic E-state index is -0.639. The number of hydrogen-bond acceptors (Lipinski definition) is 8. The number of halogens is 1. The van der Waals surface area contributed by atoms with Crippen LogP contribution in [0.1, 0.15) is 53.9 Å². The number of nitrogens with one attached hydrogen (secondary N) is 2. The first-order chi connectivity index (χ1) is 17.2. The van der Waals surface area contributed by atoms with Gasteiger partial charge in [-0.2, -0.15) is 0 Å². The van der Waals surface area contributed by atoms with Crippen LogP contribution in [-0.4, -0.2) is 45.0 Å². The number of hydrogen-bond donors (Lipinski definition) is 4. The summed E-state index contributed by atoms with van der Waals surface area (Å²) in [6.45, 7) is 6.98. The van der Waals surface area contributed by atoms with E-state index in [1.165, 1.54) is 0 Å². The molecular weight excluding hydrogens is 488 g/mol. The number of aromatic nitrogens is 4. The van der Waals surface area contributed by atoms with Crippen LogP contribution in [0.5, 0.6) is 0 Å². The fraction of sp³-hybridized carbons (Fsp3) is 0.391. The second-order valence-electron chi connectivity index (χ2n) is 7.72. The normalized spacial score (nSPS) is 14.7. The predicted molar refractivity (Wildman–Crippen MR) is 134 cm³/mol. The summed E-state index contributed by atoms with van der Waals surface area (Å²) in [5, 5.41) is 5.38. The number of amides is 2. The number of ether oxygens (including phenoxy) is 1. The van der Waals surface area contributed by atoms with E-state index in [4.69, 9.17) is 27.8 Å². The topological polar surface area (TPSA) is 171 Å². The Kier molecular flexibility index (Phi) is 8.30. The van der Waals surface area contributed by atoms with Crippen molar-refractivity contribution < 1.29 is 23.7 Å². The van der Waals surface area contributed by atoms with Crippen LogP contribution in [0, 0.1) is 0 Å². The zero-order chi connectivity index (χ0) is 26.6. The molecule has 192 valence electrons. The van der Waals surface area contributed by atoms with Gasteiger partial charge in [0.1, 0.15) is 12.6 Å². The highest BCUT2D eigenvalue weighted by Crippen LogP contribution is 2.19. The monoisotopic (exact) mass is 517 g/mol. The molecule has 13 heteroatoms. The Morgan fingerprint density at radius 2 is 1.94 bits per heavy atom. The van der Waals surface area contributed by atoms with Gasteiger partial charge in [-0.15, -0.1) is 0 Å². The lowest BCUT2D eigenvalue weighted by molar-refractivity contribution is -0.654. The molecule has 4 rings (SSSR count). The molecule has 1 aliphatic heterocycles. The maximum absolute atomic E-state index is 12.7. The van der Waals surface area contributed by atoms with Gasteiger partial charge in [0, 0.05) is 18.1 Å². The summed E-state index contributed by atoms with van der Waals surface area (Å²) in [6.07, 6.45) is 0.449. The van der Waals surface area contributed by atoms with E-state index >= 15 is 0 Å². The van der Waals surface area contributed by atoms with Crippen molar-refractivity contribution >= 4 is 52.1 Å². The van der Waals surface area contributed by atoms with Crippen molar-refractivity contribution in [3.63, 3.8) is 0 Å². The third-order valence-electron chi connectivity index (χ3n) is 5.67. The largest absolute Gasteiger partial charge is 0.464 e. The number of aryl methyl sites for hydroxylation is 2. The Morgan fingerprint density at radius 3 is 2.58 bits per heavy atom. The van der Waals surface area contributed by atoms with Gasteiger partial charge in [0.25, 0.3) is 17.6 Å². The van der Waals surface area contributed by atoms with Crippen LogP contribution in [0.15, 0.2) is 18.2 Å². The van der Waals surface area contributed by atoms with Crippen LogP contribution in [-0.2, 0) is 29.7 Å². The molecule has 2 aromatic heterocycles. The van der Waals surface area contributed by atoms with Crippen LogP contribution in [0.2, 0.25) is 5.15 Å². The summed E-state index contributed by atoms with van der Waals surface area (Å²) in [4.78, 5) is 44.8. The van der Waals surface area contributed by atoms with Crippen LogP contribution in [0.3, 0.4) is 0 Å². The molecule has 1 atom stereocenters. The van der Waals surface area contributed by atoms with Gasteiger partial charge >= 0.3 is 5.97 Å². The summed E-state index contributed by atoms with van der Waals surface area (Å²) < 4.78 is 8.79. The highest BCUT2D eigenvalue weighted by atomic mass is 35.5. The second-order valence-corrected chi connectivity index (χ2v) is 8.08. The van der Waals surface area contributed by atoms with Crippen molar-refractivity contribution in [2.75, 3.05) is 18.1 Å². The Bertz CT molecular complexity index is 1320. The first-order valence-electron chi connectivity index (χ1n) is 11.6. The number of rotatable bonds is 6. The maximum Gasteiger partial charge on any atom is 0.328 e. The first kappa shape index (κ1) is 26.7. The van der Waals surface area contributed by atoms with E-state index in [1.54, 1.807) is 12.1 Å². The van der Waals surface area contributed by atoms with Crippen LogP contribution >= 0.6 is 11.6 Å². The summed E-state index contributed by atoms with van der Waals surface area (Å²) in [7, 11) is 1.86. The Balaban J connectivity index is 0.00000176. The second kappa shape index (κ2) is 11.2. The molecule has 36 heavy (non-hydrogen) atoms. The molecule has 6 N–H and O–H groups in total. The van der Waals surface area contributed by atoms with Crippen molar-refractivity contribution in [2.45, 2.75) is 46.3 Å². The molecule has 12 nitrogen and oxygen atoms in total. The highest BCUT2D eigenvalue weighted by Gasteiger charge is 2.29. The van der Waals surface area contributed by atoms with E-state index in [0.29, 0.717) is 25.1 Å². The number of imidazole rings is 1. The summed E-state index contributed by atoms with van der Waals surface area (Å²) in [6, 6.07) is 4.62. The van der Waals surface area contributed by atoms with Crippen LogP contribution < -0.4 is 26.7 Å². The molecular formula is C23H30ClN8O4+. The Hall–Kier alpha value is -3.93. The molecule has 0 spiro atoms. The first-order valence-corrected chi connectivity index (χ1v) is 11.9. The third kappa shape index (κ3) is 5.18. The third-order valence-corrected chi connectivity index (χ3v) is 5.95. The smallest absolute Gasteiger partial charge is 0.328 e. The Morgan fingerprint density at radius 1 is 1.22 bits per heavy atom. The molecule has 0 saturated carbocycles. The van der Waals surface area contributed by atoms with Crippen molar-refractivity contribution in [1.29, 1.82) is 0 Å². The average molecular weight is 518 g/mol. The number of nitrogens with zero attached hydrogens (tertiary/aromatic N) is 4. The van der Waals surface area contributed by atoms with Gasteiger partial charge in [-0.25, -0.2) is 23.9 Å². The molecule has 1 unspecified atom stereocenters. The van der Waals surface area contributed by atoms with E-state index in [1.807, 2.05) is 43.0 Å². The van der Waals surface area contributed by atoms with Crippen molar-refractivity contribution in [1.82, 2.24) is 25.2 Å². The number of nitrogen functional groups attached to an aromatic ring is 2. The van der Waals surface area contributed by atoms with Crippen molar-refractivity contribution in [3.8, 4) is 0 Å². The van der Waals surface area contributed by atoms with Gasteiger partial charge in [-0.3, -0.25) is 9.59 Å². The van der Waals surface area contributed by atoms with E-state index in [9.17, 15) is 14.4 Å². The van der Waals surface area contributed by atoms with Gasteiger partial charge in [0.15, 0.2) is 33.5 Å². The zero-order valence-electron chi connectivity index (χ0n) is 20.6. The van der Waals surface area contributed by atoms with Crippen LogP contribution in [0.25, 0.3) is 11.0 Å². The number of fused-ring (bicyclic) bond motifs is 1. The lowest BCUT2D eigenvalue weighted by atomic mass is 10.1. The minimum absolute atomic E-state index is 0.0575. The fourth-order valence-corrected chi connectivity index (χ4v) is 4.04. The molecule has 0 aliphatic carbocycles. The SMILES string of the molecule is CC.CCn1c(CNC(=O)c2nc(Cl)c(N)nc2N)[n+](C)c2ccc(C(=O)NC3CCOC3=O)cc21. The molecule has 2 amide bonds. The Labute approximate surface area is 213 Å². The predicted octanol–water partition coefficient (Wildman–Crippen LogP) is 1.10. The van der Waals surface area contributed by atoms with Gasteiger partial charge in [-0.05, 0) is 19.1 Å². The number of esters is 1. The van der Waals surface area contributed by atoms with Crippen molar-refractivity contribution in [2.24, 2.45) is 7.05 Å². The molecule has 1 fully saturated rings. The molecule has 3 heterocycles. The number of nitrogens with two attached hydrogens (primary N) is 2. The maximum atomic E-state index is 12.7. The number of cyclic esters (lactones) is 1. The standard InChI is InChI=1S/C21H23ClN8O4.C2H6/c1-3-30-13-8-10(19(31)26-11-6-7-34-21(11)33)4-5-12(13)29(2)14(30)9-25-20(32)15-17(23)28-18(24)16(22)27-15;1-2/h4-5,8,11H,3,6-7,9H2,1-2H3,(H5-,23,24,25,26,28,31,32);1-2H3/p+1. The molecule has 0 bridgehead atoms. The average Bonchev–Trinajstić information content (AvgIpc) is 3.40. The molecule has 3 aromatic rings. The highest BCUT2D eigenvalue weighted by molar-refractivity contribution is 6.31. The fourth-order valence-electron chi connectivity index (χ4n) is 3.91. The van der Waals surface area contributed by atoms with Crippen LogP contribution in [0.4, 0.5) is 11.6 Å². The number of carbonyl (C=O) groups is 3. The van der Waals surface area contributed by atoms with E-state index in [0.717, 1.165) is 16.9 Å². The summed E-state index contributed by atoms with van der Waals surface area (Å²) in [5.41, 5.74) is 13.3. The molecule has 1 aliphatic rings. The minimum Gasteiger partial charge on any atom is -0.464 e. The van der Waals surface area contributed by atoms with E-state index in [2.05, 4.69) is 20.6 Å². The molecule has 0 radical (unpaired) electrons. The molecule has 1 saturated heterocycles. The number of anilines is 2. The van der Waals surface area contributed by atoms with Gasteiger partial charge < -0.3 is 26.8 Å². The molecule has 1 aromatic carbocycles. The lowest BCUT2D eigenvalue weighted by Crippen LogP contribution is -2.38. The van der Waals surface area contributed by atoms with Crippen molar-refractivity contribution in [3.05, 3.63) is 40.4 Å². The lowest BCUT2D eigenvalue weighted by Gasteiger charge is -2.08.